The Balaban J connectivity index is 1.67. The summed E-state index contributed by atoms with van der Waals surface area (Å²) in [6, 6.07) is 24.2. The summed E-state index contributed by atoms with van der Waals surface area (Å²) >= 11 is 0. The van der Waals surface area contributed by atoms with E-state index < -0.39 is 35.7 Å². The number of urea groups is 1. The molecule has 37 heavy (non-hydrogen) atoms. The molecule has 0 aromatic heterocycles. The highest BCUT2D eigenvalue weighted by Gasteiger charge is 2.36. The number of hydrogen-bond acceptors (Lipinski definition) is 5. The van der Waals surface area contributed by atoms with E-state index in [1.807, 2.05) is 42.5 Å². The first-order chi connectivity index (χ1) is 17.7. The first-order valence-electron chi connectivity index (χ1n) is 12.3. The number of benzene rings is 3. The molecule has 0 saturated heterocycles. The molecule has 1 aliphatic rings. The zero-order chi connectivity index (χ0) is 26.4. The number of para-hydroxylation sites is 2. The van der Waals surface area contributed by atoms with Gasteiger partial charge in [-0.25, -0.2) is 9.59 Å². The van der Waals surface area contributed by atoms with E-state index in [1.165, 1.54) is 4.90 Å². The number of fused-ring (bicyclic) bond motifs is 1. The second-order valence-corrected chi connectivity index (χ2v) is 9.95. The summed E-state index contributed by atoms with van der Waals surface area (Å²) in [6.07, 6.45) is -0.109. The molecule has 0 fully saturated rings. The van der Waals surface area contributed by atoms with E-state index in [4.69, 9.17) is 4.74 Å². The summed E-state index contributed by atoms with van der Waals surface area (Å²) in [5, 5.41) is 9.20. The maximum absolute atomic E-state index is 13.5. The number of carbonyl (C=O) groups excluding carboxylic acids is 3. The van der Waals surface area contributed by atoms with E-state index in [1.54, 1.807) is 63.2 Å². The number of nitrogens with one attached hydrogen (secondary N) is 3. The predicted octanol–water partition coefficient (Wildman–Crippen LogP) is 5.29. The zero-order valence-corrected chi connectivity index (χ0v) is 21.2. The van der Waals surface area contributed by atoms with Gasteiger partial charge in [0.1, 0.15) is 5.60 Å². The van der Waals surface area contributed by atoms with E-state index in [-0.39, 0.29) is 6.54 Å². The molecule has 0 spiro atoms. The summed E-state index contributed by atoms with van der Waals surface area (Å²) in [7, 11) is 0. The molecule has 4 amide bonds. The Kier molecular flexibility index (Phi) is 7.77. The monoisotopic (exact) mass is 500 g/mol. The Labute approximate surface area is 217 Å². The molecule has 3 aromatic rings. The van der Waals surface area contributed by atoms with E-state index in [0.717, 1.165) is 5.56 Å². The molecule has 0 aliphatic carbocycles. The van der Waals surface area contributed by atoms with Gasteiger partial charge in [-0.05, 0) is 57.0 Å². The summed E-state index contributed by atoms with van der Waals surface area (Å²) in [5.74, 6) is -0.422. The SMILES string of the molecule is CC(C)(C)OC(=O)N[C@@H](Cc1ccccc1)[C@H]1CN(C(=O)Nc2ccccc2)C(=O)c2ccccc2N1. The van der Waals surface area contributed by atoms with Crippen LogP contribution in [0.4, 0.5) is 21.0 Å². The molecule has 8 heteroatoms. The van der Waals surface area contributed by atoms with Crippen molar-refractivity contribution in [3.63, 3.8) is 0 Å². The molecular weight excluding hydrogens is 468 g/mol. The van der Waals surface area contributed by atoms with Gasteiger partial charge >= 0.3 is 12.1 Å². The lowest BCUT2D eigenvalue weighted by Gasteiger charge is -2.32. The predicted molar refractivity (Wildman–Crippen MR) is 144 cm³/mol. The topological polar surface area (TPSA) is 99.8 Å². The highest BCUT2D eigenvalue weighted by atomic mass is 16.6. The minimum Gasteiger partial charge on any atom is -0.444 e. The van der Waals surface area contributed by atoms with Gasteiger partial charge in [0.25, 0.3) is 5.91 Å². The maximum Gasteiger partial charge on any atom is 0.407 e. The van der Waals surface area contributed by atoms with Crippen LogP contribution in [0.2, 0.25) is 0 Å². The number of alkyl carbamates (subject to hydrolysis) is 1. The number of rotatable bonds is 5. The van der Waals surface area contributed by atoms with Crippen LogP contribution in [0.3, 0.4) is 0 Å². The Hall–Kier alpha value is -4.33. The highest BCUT2D eigenvalue weighted by Crippen LogP contribution is 2.25. The number of nitrogens with zero attached hydrogens (tertiary/aromatic N) is 1. The molecule has 2 atom stereocenters. The van der Waals surface area contributed by atoms with Gasteiger partial charge in [-0.15, -0.1) is 0 Å². The van der Waals surface area contributed by atoms with Gasteiger partial charge in [0.05, 0.1) is 24.2 Å². The molecule has 0 radical (unpaired) electrons. The van der Waals surface area contributed by atoms with Crippen molar-refractivity contribution in [3.05, 3.63) is 96.1 Å². The van der Waals surface area contributed by atoms with Crippen molar-refractivity contribution in [2.75, 3.05) is 17.2 Å². The Morgan fingerprint density at radius 1 is 0.973 bits per heavy atom. The molecule has 1 heterocycles. The molecule has 4 rings (SSSR count). The minimum absolute atomic E-state index is 0.0273. The summed E-state index contributed by atoms with van der Waals surface area (Å²) in [6.45, 7) is 5.42. The van der Waals surface area contributed by atoms with Crippen LogP contribution in [0, 0.1) is 0 Å². The standard InChI is InChI=1S/C29H32N4O4/c1-29(2,3)37-28(36)32-24(18-20-12-6-4-7-13-20)25-19-33(27(35)30-21-14-8-5-9-15-21)26(34)22-16-10-11-17-23(22)31-25/h4-17,24-25,31H,18-19H2,1-3H3,(H,30,35)(H,32,36)/t24-,25+/m0/s1. The fraction of sp³-hybridized carbons (Fsp3) is 0.276. The number of amides is 4. The van der Waals surface area contributed by atoms with Crippen LogP contribution in [-0.2, 0) is 11.2 Å². The van der Waals surface area contributed by atoms with Crippen LogP contribution in [-0.4, -0.2) is 47.2 Å². The molecular formula is C29H32N4O4. The number of ether oxygens (including phenoxy) is 1. The second-order valence-electron chi connectivity index (χ2n) is 9.95. The van der Waals surface area contributed by atoms with Crippen molar-refractivity contribution in [1.29, 1.82) is 0 Å². The van der Waals surface area contributed by atoms with Gasteiger partial charge in [0.2, 0.25) is 0 Å². The first-order valence-corrected chi connectivity index (χ1v) is 12.3. The van der Waals surface area contributed by atoms with Crippen molar-refractivity contribution < 1.29 is 19.1 Å². The summed E-state index contributed by atoms with van der Waals surface area (Å²) < 4.78 is 5.53. The summed E-state index contributed by atoms with van der Waals surface area (Å²) in [5.41, 5.74) is 1.87. The molecule has 192 valence electrons. The van der Waals surface area contributed by atoms with Gasteiger partial charge < -0.3 is 20.7 Å². The molecule has 3 N–H and O–H groups in total. The number of anilines is 2. The maximum atomic E-state index is 13.5. The molecule has 0 bridgehead atoms. The van der Waals surface area contributed by atoms with Crippen molar-refractivity contribution in [3.8, 4) is 0 Å². The lowest BCUT2D eigenvalue weighted by atomic mass is 9.98. The van der Waals surface area contributed by atoms with Gasteiger partial charge in [0.15, 0.2) is 0 Å². The smallest absolute Gasteiger partial charge is 0.407 e. The van der Waals surface area contributed by atoms with Crippen LogP contribution in [0.1, 0.15) is 36.7 Å². The van der Waals surface area contributed by atoms with E-state index >= 15 is 0 Å². The van der Waals surface area contributed by atoms with Crippen LogP contribution in [0.15, 0.2) is 84.9 Å². The van der Waals surface area contributed by atoms with E-state index in [0.29, 0.717) is 23.4 Å². The quantitative estimate of drug-likeness (QED) is 0.442. The second kappa shape index (κ2) is 11.2. The van der Waals surface area contributed by atoms with Gasteiger partial charge in [-0.1, -0.05) is 60.7 Å². The average Bonchev–Trinajstić information content (AvgIpc) is 3.00. The normalized spacial score (nSPS) is 16.0. The molecule has 1 aliphatic heterocycles. The van der Waals surface area contributed by atoms with Gasteiger partial charge in [-0.2, -0.15) is 0 Å². The third-order valence-corrected chi connectivity index (χ3v) is 5.88. The fourth-order valence-electron chi connectivity index (χ4n) is 4.20. The van der Waals surface area contributed by atoms with Crippen LogP contribution in [0.5, 0.6) is 0 Å². The third-order valence-electron chi connectivity index (χ3n) is 5.88. The minimum atomic E-state index is -0.678. The molecule has 3 aromatic carbocycles. The lowest BCUT2D eigenvalue weighted by Crippen LogP contribution is -2.54. The Morgan fingerprint density at radius 3 is 2.27 bits per heavy atom. The number of hydrogen-bond donors (Lipinski definition) is 3. The fourth-order valence-corrected chi connectivity index (χ4v) is 4.20. The van der Waals surface area contributed by atoms with E-state index in [9.17, 15) is 14.4 Å². The van der Waals surface area contributed by atoms with Crippen LogP contribution in [0.25, 0.3) is 0 Å². The Bertz CT molecular complexity index is 1240. The van der Waals surface area contributed by atoms with Crippen molar-refractivity contribution in [2.24, 2.45) is 0 Å². The average molecular weight is 501 g/mol. The molecule has 8 nitrogen and oxygen atoms in total. The third kappa shape index (κ3) is 6.88. The van der Waals surface area contributed by atoms with Crippen molar-refractivity contribution >= 4 is 29.4 Å². The van der Waals surface area contributed by atoms with E-state index in [2.05, 4.69) is 16.0 Å². The van der Waals surface area contributed by atoms with Gasteiger partial charge in [-0.3, -0.25) is 9.69 Å². The largest absolute Gasteiger partial charge is 0.444 e. The van der Waals surface area contributed by atoms with Crippen LogP contribution < -0.4 is 16.0 Å². The number of carbonyl (C=O) groups is 3. The highest BCUT2D eigenvalue weighted by molar-refractivity contribution is 6.11. The lowest BCUT2D eigenvalue weighted by molar-refractivity contribution is 0.0497. The van der Waals surface area contributed by atoms with Crippen molar-refractivity contribution in [2.45, 2.75) is 44.9 Å². The summed E-state index contributed by atoms with van der Waals surface area (Å²) in [4.78, 5) is 40.9. The van der Waals surface area contributed by atoms with Crippen molar-refractivity contribution in [1.82, 2.24) is 10.2 Å². The van der Waals surface area contributed by atoms with Crippen LogP contribution >= 0.6 is 0 Å². The molecule has 0 saturated carbocycles. The molecule has 0 unspecified atom stereocenters. The zero-order valence-electron chi connectivity index (χ0n) is 21.2. The first kappa shape index (κ1) is 25.8. The van der Waals surface area contributed by atoms with Gasteiger partial charge in [0, 0.05) is 11.4 Å². The Morgan fingerprint density at radius 2 is 1.59 bits per heavy atom. The number of imide groups is 1.